The average molecular weight is 276 g/mol. The Kier molecular flexibility index (Phi) is 3.96. The van der Waals surface area contributed by atoms with Crippen LogP contribution >= 0.6 is 11.8 Å². The molecule has 0 radical (unpaired) electrons. The Balaban J connectivity index is 2.21. The number of imide groups is 1. The first-order chi connectivity index (χ1) is 9.08. The minimum atomic E-state index is -0.856. The second kappa shape index (κ2) is 5.66. The summed E-state index contributed by atoms with van der Waals surface area (Å²) in [5.74, 6) is -0.444. The van der Waals surface area contributed by atoms with Crippen molar-refractivity contribution < 1.29 is 9.59 Å². The third-order valence-electron chi connectivity index (χ3n) is 2.41. The highest BCUT2D eigenvalue weighted by atomic mass is 32.2. The molecular formula is C12H12N4O2S. The molecule has 1 aromatic carbocycles. The maximum absolute atomic E-state index is 11.6. The molecule has 2 rings (SSSR count). The quantitative estimate of drug-likeness (QED) is 0.650. The second-order valence-corrected chi connectivity index (χ2v) is 5.14. The predicted molar refractivity (Wildman–Crippen MR) is 72.6 cm³/mol. The van der Waals surface area contributed by atoms with E-state index in [0.29, 0.717) is 5.03 Å². The van der Waals surface area contributed by atoms with Crippen LogP contribution in [0.25, 0.3) is 10.9 Å². The van der Waals surface area contributed by atoms with Gasteiger partial charge in [0.15, 0.2) is 0 Å². The fourth-order valence-electron chi connectivity index (χ4n) is 1.52. The van der Waals surface area contributed by atoms with Crippen molar-refractivity contribution in [2.45, 2.75) is 17.2 Å². The van der Waals surface area contributed by atoms with Gasteiger partial charge >= 0.3 is 6.03 Å². The second-order valence-electron chi connectivity index (χ2n) is 3.81. The molecule has 0 fully saturated rings. The lowest BCUT2D eigenvalue weighted by Crippen LogP contribution is -2.39. The Hall–Kier alpha value is -2.15. The van der Waals surface area contributed by atoms with Crippen LogP contribution in [-0.4, -0.2) is 27.2 Å². The monoisotopic (exact) mass is 276 g/mol. The van der Waals surface area contributed by atoms with E-state index in [1.54, 1.807) is 6.92 Å². The Bertz CT molecular complexity index is 627. The molecule has 7 heteroatoms. The molecule has 0 spiro atoms. The van der Waals surface area contributed by atoms with Gasteiger partial charge in [-0.15, -0.1) is 0 Å². The molecule has 0 aliphatic carbocycles. The topological polar surface area (TPSA) is 98.0 Å². The van der Waals surface area contributed by atoms with Crippen LogP contribution in [0.1, 0.15) is 6.92 Å². The Labute approximate surface area is 113 Å². The van der Waals surface area contributed by atoms with Crippen LogP contribution < -0.4 is 11.1 Å². The number of nitrogens with zero attached hydrogens (tertiary/aromatic N) is 2. The molecule has 98 valence electrons. The number of hydrogen-bond acceptors (Lipinski definition) is 5. The van der Waals surface area contributed by atoms with Crippen LogP contribution in [0.4, 0.5) is 4.79 Å². The van der Waals surface area contributed by atoms with Crippen LogP contribution in [0.15, 0.2) is 35.6 Å². The van der Waals surface area contributed by atoms with Crippen molar-refractivity contribution >= 4 is 34.6 Å². The van der Waals surface area contributed by atoms with Gasteiger partial charge in [-0.2, -0.15) is 0 Å². The number of urea groups is 1. The molecule has 3 N–H and O–H groups in total. The summed E-state index contributed by atoms with van der Waals surface area (Å²) in [5.41, 5.74) is 5.72. The van der Waals surface area contributed by atoms with E-state index in [1.807, 2.05) is 29.6 Å². The number of amides is 3. The lowest BCUT2D eigenvalue weighted by Gasteiger charge is -2.10. The highest BCUT2D eigenvalue weighted by Gasteiger charge is 2.17. The van der Waals surface area contributed by atoms with Crippen LogP contribution in [0.3, 0.4) is 0 Å². The molecule has 0 unspecified atom stereocenters. The summed E-state index contributed by atoms with van der Waals surface area (Å²) in [7, 11) is 0. The number of benzene rings is 1. The number of carbonyl (C=O) groups is 2. The lowest BCUT2D eigenvalue weighted by molar-refractivity contribution is -0.119. The average Bonchev–Trinajstić information content (AvgIpc) is 2.38. The van der Waals surface area contributed by atoms with Gasteiger partial charge in [0.2, 0.25) is 5.91 Å². The molecule has 0 saturated carbocycles. The van der Waals surface area contributed by atoms with Crippen molar-refractivity contribution in [2.75, 3.05) is 0 Å². The van der Waals surface area contributed by atoms with Crippen LogP contribution in [0.5, 0.6) is 0 Å². The molecule has 0 bridgehead atoms. The fourth-order valence-corrected chi connectivity index (χ4v) is 2.43. The van der Waals surface area contributed by atoms with Gasteiger partial charge < -0.3 is 5.73 Å². The molecule has 3 amide bonds. The van der Waals surface area contributed by atoms with Crippen LogP contribution in [-0.2, 0) is 4.79 Å². The third kappa shape index (κ3) is 3.19. The van der Waals surface area contributed by atoms with Crippen molar-refractivity contribution in [1.29, 1.82) is 0 Å². The fraction of sp³-hybridized carbons (Fsp3) is 0.167. The number of fused-ring (bicyclic) bond motifs is 1. The van der Waals surface area contributed by atoms with Crippen molar-refractivity contribution in [1.82, 2.24) is 15.3 Å². The summed E-state index contributed by atoms with van der Waals surface area (Å²) in [6.45, 7) is 1.68. The van der Waals surface area contributed by atoms with E-state index >= 15 is 0 Å². The maximum atomic E-state index is 11.6. The van der Waals surface area contributed by atoms with Crippen molar-refractivity contribution in [2.24, 2.45) is 5.73 Å². The predicted octanol–water partition coefficient (Wildman–Crippen LogP) is 1.31. The number of thioether (sulfide) groups is 1. The molecular weight excluding hydrogens is 264 g/mol. The SMILES string of the molecule is C[C@@H](Sc1ncnc2ccccc12)C(=O)NC(N)=O. The number of primary amides is 1. The lowest BCUT2D eigenvalue weighted by atomic mass is 10.2. The van der Waals surface area contributed by atoms with Gasteiger partial charge in [-0.3, -0.25) is 10.1 Å². The van der Waals surface area contributed by atoms with Gasteiger partial charge in [-0.1, -0.05) is 30.0 Å². The zero-order chi connectivity index (χ0) is 13.8. The largest absolute Gasteiger partial charge is 0.351 e. The van der Waals surface area contributed by atoms with Gasteiger partial charge in [0.25, 0.3) is 0 Å². The Morgan fingerprint density at radius 2 is 2.05 bits per heavy atom. The van der Waals surface area contributed by atoms with Crippen LogP contribution in [0.2, 0.25) is 0 Å². The standard InChI is InChI=1S/C12H12N4O2S/c1-7(10(17)16-12(13)18)19-11-8-4-2-3-5-9(8)14-6-15-11/h2-7H,1H3,(H3,13,16,17,18)/t7-/m1/s1. The first-order valence-electron chi connectivity index (χ1n) is 5.54. The molecule has 2 aromatic rings. The number of nitrogens with one attached hydrogen (secondary N) is 1. The van der Waals surface area contributed by atoms with Crippen molar-refractivity contribution in [3.63, 3.8) is 0 Å². The van der Waals surface area contributed by atoms with Crippen molar-refractivity contribution in [3.8, 4) is 0 Å². The van der Waals surface area contributed by atoms with E-state index in [0.717, 1.165) is 10.9 Å². The first-order valence-corrected chi connectivity index (χ1v) is 6.42. The normalized spacial score (nSPS) is 12.1. The summed E-state index contributed by atoms with van der Waals surface area (Å²) in [6.07, 6.45) is 1.45. The summed E-state index contributed by atoms with van der Waals surface area (Å²) < 4.78 is 0. The number of para-hydroxylation sites is 1. The molecule has 19 heavy (non-hydrogen) atoms. The Morgan fingerprint density at radius 1 is 1.32 bits per heavy atom. The van der Waals surface area contributed by atoms with Gasteiger partial charge in [0.1, 0.15) is 11.4 Å². The molecule has 1 atom stereocenters. The van der Waals surface area contributed by atoms with Gasteiger partial charge in [-0.25, -0.2) is 14.8 Å². The highest BCUT2D eigenvalue weighted by molar-refractivity contribution is 8.00. The zero-order valence-electron chi connectivity index (χ0n) is 10.2. The van der Waals surface area contributed by atoms with E-state index in [2.05, 4.69) is 9.97 Å². The van der Waals surface area contributed by atoms with E-state index < -0.39 is 17.2 Å². The molecule has 6 nitrogen and oxygen atoms in total. The summed E-state index contributed by atoms with van der Waals surface area (Å²) >= 11 is 1.25. The van der Waals surface area contributed by atoms with E-state index in [-0.39, 0.29) is 0 Å². The maximum Gasteiger partial charge on any atom is 0.318 e. The van der Waals surface area contributed by atoms with Gasteiger partial charge in [-0.05, 0) is 13.0 Å². The number of rotatable bonds is 3. The summed E-state index contributed by atoms with van der Waals surface area (Å²) in [4.78, 5) is 30.6. The van der Waals surface area contributed by atoms with E-state index in [9.17, 15) is 9.59 Å². The zero-order valence-corrected chi connectivity index (χ0v) is 11.0. The molecule has 0 saturated heterocycles. The summed E-state index contributed by atoms with van der Waals surface area (Å²) in [6, 6.07) is 6.66. The molecule has 0 aliphatic rings. The molecule has 1 aromatic heterocycles. The minimum absolute atomic E-state index is 0.444. The van der Waals surface area contributed by atoms with E-state index in [4.69, 9.17) is 5.73 Å². The third-order valence-corrected chi connectivity index (χ3v) is 3.53. The van der Waals surface area contributed by atoms with Gasteiger partial charge in [0.05, 0.1) is 10.8 Å². The molecule has 0 aliphatic heterocycles. The Morgan fingerprint density at radius 3 is 2.79 bits per heavy atom. The van der Waals surface area contributed by atoms with Crippen LogP contribution in [0, 0.1) is 0 Å². The smallest absolute Gasteiger partial charge is 0.318 e. The first kappa shape index (κ1) is 13.3. The number of hydrogen-bond donors (Lipinski definition) is 2. The minimum Gasteiger partial charge on any atom is -0.351 e. The van der Waals surface area contributed by atoms with Gasteiger partial charge in [0, 0.05) is 5.39 Å². The van der Waals surface area contributed by atoms with Crippen molar-refractivity contribution in [3.05, 3.63) is 30.6 Å². The van der Waals surface area contributed by atoms with E-state index in [1.165, 1.54) is 18.1 Å². The molecule has 1 heterocycles. The number of aromatic nitrogens is 2. The highest BCUT2D eigenvalue weighted by Crippen LogP contribution is 2.27. The summed E-state index contributed by atoms with van der Waals surface area (Å²) in [5, 5.41) is 3.13. The number of nitrogens with two attached hydrogens (primary N) is 1. The number of carbonyl (C=O) groups excluding carboxylic acids is 2.